The first-order chi connectivity index (χ1) is 5.91. The number of nitrogens with zero attached hydrogens (tertiary/aromatic N) is 1. The SMILES string of the molecule is C#CCCCCCCC/C=N/O. The summed E-state index contributed by atoms with van der Waals surface area (Å²) in [6, 6.07) is 0. The molecule has 1 N–H and O–H groups in total. The van der Waals surface area contributed by atoms with Crippen LogP contribution in [0.5, 0.6) is 0 Å². The Kier molecular flexibility index (Phi) is 9.22. The minimum absolute atomic E-state index is 0.881. The van der Waals surface area contributed by atoms with E-state index in [-0.39, 0.29) is 0 Å². The first kappa shape index (κ1) is 11.0. The van der Waals surface area contributed by atoms with Crippen LogP contribution in [-0.4, -0.2) is 11.4 Å². The van der Waals surface area contributed by atoms with E-state index in [0.717, 1.165) is 25.7 Å². The van der Waals surface area contributed by atoms with Gasteiger partial charge in [0.2, 0.25) is 0 Å². The maximum absolute atomic E-state index is 8.09. The summed E-state index contributed by atoms with van der Waals surface area (Å²) in [5.74, 6) is 2.62. The highest BCUT2D eigenvalue weighted by Crippen LogP contribution is 2.05. The van der Waals surface area contributed by atoms with Crippen molar-refractivity contribution >= 4 is 6.21 Å². The van der Waals surface area contributed by atoms with Crippen LogP contribution >= 0.6 is 0 Å². The molecule has 0 amide bonds. The largest absolute Gasteiger partial charge is 0.411 e. The average molecular weight is 167 g/mol. The van der Waals surface area contributed by atoms with Gasteiger partial charge in [0.25, 0.3) is 0 Å². The third-order valence-electron chi connectivity index (χ3n) is 1.74. The van der Waals surface area contributed by atoms with Gasteiger partial charge in [-0.15, -0.1) is 17.5 Å². The Labute approximate surface area is 74.7 Å². The molecule has 0 aromatic carbocycles. The van der Waals surface area contributed by atoms with Gasteiger partial charge < -0.3 is 5.21 Å². The third kappa shape index (κ3) is 9.03. The van der Waals surface area contributed by atoms with Crippen molar-refractivity contribution in [2.45, 2.75) is 44.9 Å². The lowest BCUT2D eigenvalue weighted by Crippen LogP contribution is -1.80. The molecule has 68 valence electrons. The van der Waals surface area contributed by atoms with E-state index in [1.807, 2.05) is 0 Å². The summed E-state index contributed by atoms with van der Waals surface area (Å²) < 4.78 is 0. The first-order valence-electron chi connectivity index (χ1n) is 4.51. The maximum atomic E-state index is 8.09. The number of oxime groups is 1. The van der Waals surface area contributed by atoms with Crippen molar-refractivity contribution in [3.05, 3.63) is 0 Å². The Balaban J connectivity index is 2.87. The van der Waals surface area contributed by atoms with E-state index >= 15 is 0 Å². The lowest BCUT2D eigenvalue weighted by Gasteiger charge is -1.96. The average Bonchev–Trinajstić information content (AvgIpc) is 2.10. The zero-order valence-corrected chi connectivity index (χ0v) is 7.50. The molecule has 0 radical (unpaired) electrons. The van der Waals surface area contributed by atoms with Gasteiger partial charge in [-0.05, 0) is 19.3 Å². The summed E-state index contributed by atoms with van der Waals surface area (Å²) in [5.41, 5.74) is 0. The molecule has 0 fully saturated rings. The van der Waals surface area contributed by atoms with Crippen LogP contribution in [0.3, 0.4) is 0 Å². The maximum Gasteiger partial charge on any atom is 0.0435 e. The van der Waals surface area contributed by atoms with Crippen LogP contribution < -0.4 is 0 Å². The first-order valence-corrected chi connectivity index (χ1v) is 4.51. The smallest absolute Gasteiger partial charge is 0.0435 e. The standard InChI is InChI=1S/C10H17NO/c1-2-3-4-5-6-7-8-9-10-11-12/h1,10,12H,3-9H2/b11-10+. The number of terminal acetylenes is 1. The lowest BCUT2D eigenvalue weighted by atomic mass is 10.1. The molecule has 12 heavy (non-hydrogen) atoms. The normalized spacial score (nSPS) is 10.2. The van der Waals surface area contributed by atoms with Crippen LogP contribution in [0.1, 0.15) is 44.9 Å². The minimum atomic E-state index is 0.881. The second-order valence-corrected chi connectivity index (χ2v) is 2.81. The highest BCUT2D eigenvalue weighted by atomic mass is 16.4. The Morgan fingerprint density at radius 3 is 2.50 bits per heavy atom. The Hall–Kier alpha value is -0.970. The topological polar surface area (TPSA) is 32.6 Å². The van der Waals surface area contributed by atoms with Crippen molar-refractivity contribution in [1.29, 1.82) is 0 Å². The summed E-state index contributed by atoms with van der Waals surface area (Å²) in [4.78, 5) is 0. The van der Waals surface area contributed by atoms with E-state index in [9.17, 15) is 0 Å². The molecule has 0 saturated carbocycles. The number of hydrogen-bond acceptors (Lipinski definition) is 2. The van der Waals surface area contributed by atoms with Crippen molar-refractivity contribution in [2.24, 2.45) is 5.16 Å². The van der Waals surface area contributed by atoms with E-state index in [1.165, 1.54) is 19.3 Å². The van der Waals surface area contributed by atoms with Crippen molar-refractivity contribution in [2.75, 3.05) is 0 Å². The third-order valence-corrected chi connectivity index (χ3v) is 1.74. The minimum Gasteiger partial charge on any atom is -0.411 e. The van der Waals surface area contributed by atoms with Crippen LogP contribution in [0, 0.1) is 12.3 Å². The molecule has 0 rings (SSSR count). The molecule has 0 atom stereocenters. The van der Waals surface area contributed by atoms with Gasteiger partial charge in [-0.25, -0.2) is 0 Å². The molecule has 0 unspecified atom stereocenters. The van der Waals surface area contributed by atoms with Gasteiger partial charge >= 0.3 is 0 Å². The fourth-order valence-corrected chi connectivity index (χ4v) is 1.05. The van der Waals surface area contributed by atoms with Gasteiger partial charge in [-0.3, -0.25) is 0 Å². The van der Waals surface area contributed by atoms with Gasteiger partial charge in [-0.1, -0.05) is 19.3 Å². The molecular formula is C10H17NO. The molecule has 0 aromatic heterocycles. The molecule has 2 nitrogen and oxygen atoms in total. The summed E-state index contributed by atoms with van der Waals surface area (Å²) in [6.07, 6.45) is 14.4. The molecular weight excluding hydrogens is 150 g/mol. The van der Waals surface area contributed by atoms with Gasteiger partial charge in [0.05, 0.1) is 0 Å². The summed E-state index contributed by atoms with van der Waals surface area (Å²) in [6.45, 7) is 0. The van der Waals surface area contributed by atoms with Gasteiger partial charge in [-0.2, -0.15) is 0 Å². The lowest BCUT2D eigenvalue weighted by molar-refractivity contribution is 0.320. The molecule has 0 aliphatic carbocycles. The molecule has 0 spiro atoms. The van der Waals surface area contributed by atoms with Crippen LogP contribution in [0.15, 0.2) is 5.16 Å². The van der Waals surface area contributed by atoms with Gasteiger partial charge in [0.1, 0.15) is 0 Å². The fraction of sp³-hybridized carbons (Fsp3) is 0.700. The van der Waals surface area contributed by atoms with Crippen LogP contribution in [0.2, 0.25) is 0 Å². The Morgan fingerprint density at radius 2 is 1.83 bits per heavy atom. The second-order valence-electron chi connectivity index (χ2n) is 2.81. The van der Waals surface area contributed by atoms with Crippen molar-refractivity contribution in [3.63, 3.8) is 0 Å². The van der Waals surface area contributed by atoms with E-state index in [4.69, 9.17) is 11.6 Å². The van der Waals surface area contributed by atoms with Crippen LogP contribution in [-0.2, 0) is 0 Å². The molecule has 2 heteroatoms. The van der Waals surface area contributed by atoms with Gasteiger partial charge in [0.15, 0.2) is 0 Å². The van der Waals surface area contributed by atoms with E-state index in [2.05, 4.69) is 11.1 Å². The summed E-state index contributed by atoms with van der Waals surface area (Å²) >= 11 is 0. The summed E-state index contributed by atoms with van der Waals surface area (Å²) in [7, 11) is 0. The highest BCUT2D eigenvalue weighted by Gasteiger charge is 1.88. The molecule has 0 heterocycles. The summed E-state index contributed by atoms with van der Waals surface area (Å²) in [5, 5.41) is 11.0. The fourth-order valence-electron chi connectivity index (χ4n) is 1.05. The Bertz CT molecular complexity index is 146. The molecule has 0 saturated heterocycles. The molecule has 0 aliphatic heterocycles. The van der Waals surface area contributed by atoms with Crippen molar-refractivity contribution < 1.29 is 5.21 Å². The zero-order chi connectivity index (χ0) is 9.07. The predicted octanol–water partition coefficient (Wildman–Crippen LogP) is 2.81. The molecule has 0 aliphatic rings. The number of rotatable bonds is 7. The van der Waals surface area contributed by atoms with Gasteiger partial charge in [0, 0.05) is 12.6 Å². The number of unbranched alkanes of at least 4 members (excludes halogenated alkanes) is 6. The molecule has 0 aromatic rings. The highest BCUT2D eigenvalue weighted by molar-refractivity contribution is 5.55. The van der Waals surface area contributed by atoms with E-state index in [0.29, 0.717) is 0 Å². The number of hydrogen-bond donors (Lipinski definition) is 1. The van der Waals surface area contributed by atoms with Crippen molar-refractivity contribution in [3.8, 4) is 12.3 Å². The zero-order valence-electron chi connectivity index (χ0n) is 7.50. The monoisotopic (exact) mass is 167 g/mol. The van der Waals surface area contributed by atoms with E-state index in [1.54, 1.807) is 6.21 Å². The quantitative estimate of drug-likeness (QED) is 0.204. The van der Waals surface area contributed by atoms with E-state index < -0.39 is 0 Å². The van der Waals surface area contributed by atoms with Crippen LogP contribution in [0.4, 0.5) is 0 Å². The van der Waals surface area contributed by atoms with Crippen LogP contribution in [0.25, 0.3) is 0 Å². The Morgan fingerprint density at radius 1 is 1.17 bits per heavy atom. The predicted molar refractivity (Wildman–Crippen MR) is 51.4 cm³/mol. The van der Waals surface area contributed by atoms with Crippen molar-refractivity contribution in [1.82, 2.24) is 0 Å². The second kappa shape index (κ2) is 10.0. The molecule has 0 bridgehead atoms.